The fourth-order valence-electron chi connectivity index (χ4n) is 1.73. The van der Waals surface area contributed by atoms with Crippen LogP contribution in [0.4, 0.5) is 0 Å². The third-order valence-electron chi connectivity index (χ3n) is 2.47. The lowest BCUT2D eigenvalue weighted by molar-refractivity contribution is 0.100. The van der Waals surface area contributed by atoms with E-state index < -0.39 is 0 Å². The molecule has 0 saturated carbocycles. The zero-order valence-electron chi connectivity index (χ0n) is 9.47. The molecular formula is C13H14N2O. The third-order valence-corrected chi connectivity index (χ3v) is 2.47. The number of pyridine rings is 1. The monoisotopic (exact) mass is 214 g/mol. The summed E-state index contributed by atoms with van der Waals surface area (Å²) in [5, 5.41) is 0. The zero-order valence-corrected chi connectivity index (χ0v) is 9.47. The molecule has 0 fully saturated rings. The number of ketones is 1. The molecule has 2 aromatic heterocycles. The predicted octanol–water partition coefficient (Wildman–Crippen LogP) is 2.44. The Morgan fingerprint density at radius 2 is 2.12 bits per heavy atom. The molecule has 2 aromatic rings. The number of aryl methyl sites for hydroxylation is 1. The predicted molar refractivity (Wildman–Crippen MR) is 62.5 cm³/mol. The minimum Gasteiger partial charge on any atom is -0.339 e. The normalized spacial score (nSPS) is 10.4. The molecule has 0 radical (unpaired) electrons. The summed E-state index contributed by atoms with van der Waals surface area (Å²) in [7, 11) is 0. The molecule has 0 atom stereocenters. The highest BCUT2D eigenvalue weighted by Gasteiger charge is 2.06. The van der Waals surface area contributed by atoms with Crippen LogP contribution in [0, 0.1) is 6.92 Å². The highest BCUT2D eigenvalue weighted by molar-refractivity contribution is 5.92. The average Bonchev–Trinajstić information content (AvgIpc) is 2.66. The molecule has 0 aliphatic heterocycles. The lowest BCUT2D eigenvalue weighted by atomic mass is 10.3. The van der Waals surface area contributed by atoms with Crippen LogP contribution in [-0.2, 0) is 6.54 Å². The Bertz CT molecular complexity index is 514. The summed E-state index contributed by atoms with van der Waals surface area (Å²) in [6, 6.07) is 9.63. The van der Waals surface area contributed by atoms with Crippen molar-refractivity contribution in [3.8, 4) is 0 Å². The van der Waals surface area contributed by atoms with Gasteiger partial charge in [-0.05, 0) is 31.2 Å². The van der Waals surface area contributed by atoms with Crippen LogP contribution >= 0.6 is 0 Å². The summed E-state index contributed by atoms with van der Waals surface area (Å²) in [6.07, 6.45) is 1.90. The molecule has 0 unspecified atom stereocenters. The molecule has 0 saturated heterocycles. The SMILES string of the molecule is CC(=O)c1cccn1Cc1cccc(C)n1. The highest BCUT2D eigenvalue weighted by Crippen LogP contribution is 2.07. The smallest absolute Gasteiger partial charge is 0.176 e. The van der Waals surface area contributed by atoms with Crippen LogP contribution in [0.1, 0.15) is 28.8 Å². The molecule has 0 spiro atoms. The maximum absolute atomic E-state index is 11.3. The van der Waals surface area contributed by atoms with E-state index in [0.717, 1.165) is 17.1 Å². The van der Waals surface area contributed by atoms with Gasteiger partial charge in [0.15, 0.2) is 5.78 Å². The molecule has 0 N–H and O–H groups in total. The molecule has 2 heterocycles. The second kappa shape index (κ2) is 4.31. The lowest BCUT2D eigenvalue weighted by Crippen LogP contribution is -2.08. The maximum Gasteiger partial charge on any atom is 0.176 e. The Hall–Kier alpha value is -1.90. The topological polar surface area (TPSA) is 34.9 Å². The van der Waals surface area contributed by atoms with E-state index in [1.807, 2.05) is 48.0 Å². The van der Waals surface area contributed by atoms with Gasteiger partial charge < -0.3 is 4.57 Å². The van der Waals surface area contributed by atoms with Crippen molar-refractivity contribution in [2.75, 3.05) is 0 Å². The number of hydrogen-bond acceptors (Lipinski definition) is 2. The molecule has 0 aliphatic rings. The Kier molecular flexibility index (Phi) is 2.86. The van der Waals surface area contributed by atoms with E-state index in [1.54, 1.807) is 6.92 Å². The number of rotatable bonds is 3. The number of aromatic nitrogens is 2. The van der Waals surface area contributed by atoms with Crippen molar-refractivity contribution in [1.82, 2.24) is 9.55 Å². The van der Waals surface area contributed by atoms with Gasteiger partial charge in [-0.25, -0.2) is 0 Å². The Morgan fingerprint density at radius 1 is 1.31 bits per heavy atom. The van der Waals surface area contributed by atoms with Gasteiger partial charge in [-0.1, -0.05) is 6.07 Å². The Balaban J connectivity index is 2.27. The van der Waals surface area contributed by atoms with Gasteiger partial charge in [0.25, 0.3) is 0 Å². The molecule has 3 nitrogen and oxygen atoms in total. The Labute approximate surface area is 94.7 Å². The molecular weight excluding hydrogens is 200 g/mol. The minimum absolute atomic E-state index is 0.0812. The van der Waals surface area contributed by atoms with Gasteiger partial charge in [0.05, 0.1) is 17.9 Å². The van der Waals surface area contributed by atoms with Crippen LogP contribution in [0.25, 0.3) is 0 Å². The van der Waals surface area contributed by atoms with E-state index in [4.69, 9.17) is 0 Å². The van der Waals surface area contributed by atoms with Crippen molar-refractivity contribution in [2.24, 2.45) is 0 Å². The first kappa shape index (κ1) is 10.6. The highest BCUT2D eigenvalue weighted by atomic mass is 16.1. The van der Waals surface area contributed by atoms with E-state index >= 15 is 0 Å². The van der Waals surface area contributed by atoms with E-state index in [0.29, 0.717) is 6.54 Å². The van der Waals surface area contributed by atoms with Crippen molar-refractivity contribution in [1.29, 1.82) is 0 Å². The summed E-state index contributed by atoms with van der Waals surface area (Å²) in [5.74, 6) is 0.0812. The number of carbonyl (C=O) groups is 1. The number of carbonyl (C=O) groups excluding carboxylic acids is 1. The van der Waals surface area contributed by atoms with Crippen LogP contribution in [0.3, 0.4) is 0 Å². The van der Waals surface area contributed by atoms with Gasteiger partial charge in [-0.3, -0.25) is 9.78 Å². The first-order chi connectivity index (χ1) is 7.66. The molecule has 3 heteroatoms. The first-order valence-corrected chi connectivity index (χ1v) is 5.25. The van der Waals surface area contributed by atoms with E-state index in [2.05, 4.69) is 4.98 Å². The van der Waals surface area contributed by atoms with Crippen molar-refractivity contribution in [3.05, 3.63) is 53.6 Å². The van der Waals surface area contributed by atoms with Crippen molar-refractivity contribution in [3.63, 3.8) is 0 Å². The fraction of sp³-hybridized carbons (Fsp3) is 0.231. The van der Waals surface area contributed by atoms with Gasteiger partial charge in [0, 0.05) is 18.8 Å². The fourth-order valence-corrected chi connectivity index (χ4v) is 1.73. The summed E-state index contributed by atoms with van der Waals surface area (Å²) in [4.78, 5) is 15.8. The van der Waals surface area contributed by atoms with Gasteiger partial charge in [-0.2, -0.15) is 0 Å². The first-order valence-electron chi connectivity index (χ1n) is 5.25. The minimum atomic E-state index is 0.0812. The lowest BCUT2D eigenvalue weighted by Gasteiger charge is -2.06. The van der Waals surface area contributed by atoms with Crippen LogP contribution in [0.5, 0.6) is 0 Å². The summed E-state index contributed by atoms with van der Waals surface area (Å²) in [5.41, 5.74) is 2.69. The van der Waals surface area contributed by atoms with Gasteiger partial charge in [-0.15, -0.1) is 0 Å². The molecule has 2 rings (SSSR count). The molecule has 82 valence electrons. The number of Topliss-reactive ketones (excluding diaryl/α,β-unsaturated/α-hetero) is 1. The summed E-state index contributed by atoms with van der Waals surface area (Å²) < 4.78 is 1.92. The van der Waals surface area contributed by atoms with Gasteiger partial charge in [0.1, 0.15) is 0 Å². The van der Waals surface area contributed by atoms with E-state index in [9.17, 15) is 4.79 Å². The number of hydrogen-bond donors (Lipinski definition) is 0. The maximum atomic E-state index is 11.3. The van der Waals surface area contributed by atoms with Crippen LogP contribution in [0.2, 0.25) is 0 Å². The summed E-state index contributed by atoms with van der Waals surface area (Å²) >= 11 is 0. The van der Waals surface area contributed by atoms with Crippen LogP contribution < -0.4 is 0 Å². The summed E-state index contributed by atoms with van der Waals surface area (Å²) in [6.45, 7) is 4.18. The third kappa shape index (κ3) is 2.19. The molecule has 0 amide bonds. The molecule has 0 aromatic carbocycles. The van der Waals surface area contributed by atoms with E-state index in [1.165, 1.54) is 0 Å². The van der Waals surface area contributed by atoms with Crippen LogP contribution in [-0.4, -0.2) is 15.3 Å². The number of nitrogens with zero attached hydrogens (tertiary/aromatic N) is 2. The molecule has 0 aliphatic carbocycles. The zero-order chi connectivity index (χ0) is 11.5. The van der Waals surface area contributed by atoms with Crippen molar-refractivity contribution >= 4 is 5.78 Å². The quantitative estimate of drug-likeness (QED) is 0.735. The second-order valence-corrected chi connectivity index (χ2v) is 3.85. The van der Waals surface area contributed by atoms with Crippen molar-refractivity contribution < 1.29 is 4.79 Å². The second-order valence-electron chi connectivity index (χ2n) is 3.85. The van der Waals surface area contributed by atoms with Gasteiger partial charge in [0.2, 0.25) is 0 Å². The van der Waals surface area contributed by atoms with E-state index in [-0.39, 0.29) is 5.78 Å². The Morgan fingerprint density at radius 3 is 2.81 bits per heavy atom. The van der Waals surface area contributed by atoms with Gasteiger partial charge >= 0.3 is 0 Å². The molecule has 0 bridgehead atoms. The standard InChI is InChI=1S/C13H14N2O/c1-10-5-3-6-12(14-10)9-15-8-4-7-13(15)11(2)16/h3-8H,9H2,1-2H3. The largest absolute Gasteiger partial charge is 0.339 e. The van der Waals surface area contributed by atoms with Crippen molar-refractivity contribution in [2.45, 2.75) is 20.4 Å². The van der Waals surface area contributed by atoms with Crippen LogP contribution in [0.15, 0.2) is 36.5 Å². The molecule has 16 heavy (non-hydrogen) atoms. The average molecular weight is 214 g/mol.